The average Bonchev–Trinajstić information content (AvgIpc) is 2.82. The van der Waals surface area contributed by atoms with E-state index in [1.54, 1.807) is 36.2 Å². The Morgan fingerprint density at radius 2 is 2.25 bits per heavy atom. The highest BCUT2D eigenvalue weighted by molar-refractivity contribution is 7.80. The van der Waals surface area contributed by atoms with Crippen LogP contribution >= 0.6 is 23.8 Å². The number of aromatic nitrogens is 2. The molecule has 20 heavy (non-hydrogen) atoms. The molecule has 0 atom stereocenters. The lowest BCUT2D eigenvalue weighted by molar-refractivity contribution is 0.417. The molecule has 0 radical (unpaired) electrons. The third-order valence-electron chi connectivity index (χ3n) is 2.76. The van der Waals surface area contributed by atoms with Gasteiger partial charge in [-0.3, -0.25) is 4.68 Å². The normalized spacial score (nSPS) is 10.2. The van der Waals surface area contributed by atoms with Crippen molar-refractivity contribution in [1.29, 1.82) is 0 Å². The van der Waals surface area contributed by atoms with Gasteiger partial charge < -0.3 is 15.4 Å². The highest BCUT2D eigenvalue weighted by Gasteiger charge is 2.06. The Labute approximate surface area is 127 Å². The number of nitrogens with zero attached hydrogens (tertiary/aromatic N) is 2. The first-order chi connectivity index (χ1) is 9.60. The molecule has 0 unspecified atom stereocenters. The molecule has 0 aliphatic carbocycles. The number of aryl methyl sites for hydroxylation is 1. The molecule has 1 aromatic carbocycles. The van der Waals surface area contributed by atoms with Crippen molar-refractivity contribution < 1.29 is 4.74 Å². The van der Waals surface area contributed by atoms with Gasteiger partial charge in [-0.25, -0.2) is 0 Å². The first kappa shape index (κ1) is 14.6. The fraction of sp³-hybridized carbons (Fsp3) is 0.231. The van der Waals surface area contributed by atoms with Crippen LogP contribution in [0.2, 0.25) is 5.02 Å². The first-order valence-corrected chi connectivity index (χ1v) is 6.74. The molecule has 0 aliphatic heterocycles. The van der Waals surface area contributed by atoms with Crippen LogP contribution < -0.4 is 15.4 Å². The Balaban J connectivity index is 1.98. The highest BCUT2D eigenvalue weighted by Crippen LogP contribution is 2.27. The molecule has 7 heteroatoms. The molecule has 0 spiro atoms. The molecule has 0 fully saturated rings. The van der Waals surface area contributed by atoms with Crippen molar-refractivity contribution in [3.8, 4) is 5.75 Å². The second-order valence-electron chi connectivity index (χ2n) is 4.10. The van der Waals surface area contributed by atoms with E-state index >= 15 is 0 Å². The third-order valence-corrected chi connectivity index (χ3v) is 3.24. The van der Waals surface area contributed by atoms with Crippen LogP contribution in [0.15, 0.2) is 30.5 Å². The number of hydrogen-bond acceptors (Lipinski definition) is 3. The summed E-state index contributed by atoms with van der Waals surface area (Å²) in [5.41, 5.74) is 1.76. The van der Waals surface area contributed by atoms with Crippen molar-refractivity contribution in [2.75, 3.05) is 12.4 Å². The maximum atomic E-state index is 5.97. The number of methoxy groups -OCH3 is 1. The number of hydrogen-bond donors (Lipinski definition) is 2. The third kappa shape index (κ3) is 3.61. The van der Waals surface area contributed by atoms with E-state index in [2.05, 4.69) is 15.7 Å². The quantitative estimate of drug-likeness (QED) is 0.850. The maximum absolute atomic E-state index is 5.97. The monoisotopic (exact) mass is 310 g/mol. The highest BCUT2D eigenvalue weighted by atomic mass is 35.5. The average molecular weight is 311 g/mol. The van der Waals surface area contributed by atoms with Gasteiger partial charge in [0.15, 0.2) is 5.11 Å². The maximum Gasteiger partial charge on any atom is 0.171 e. The SMILES string of the molecule is COc1ccc(Cl)cc1NC(=S)NCc1ccnn1C. The van der Waals surface area contributed by atoms with Crippen LogP contribution in [0.3, 0.4) is 0 Å². The molecule has 2 N–H and O–H groups in total. The van der Waals surface area contributed by atoms with Gasteiger partial charge in [-0.2, -0.15) is 5.10 Å². The van der Waals surface area contributed by atoms with E-state index in [1.807, 2.05) is 13.1 Å². The van der Waals surface area contributed by atoms with E-state index in [1.165, 1.54) is 0 Å². The van der Waals surface area contributed by atoms with Crippen LogP contribution in [0.4, 0.5) is 5.69 Å². The number of nitrogens with one attached hydrogen (secondary N) is 2. The summed E-state index contributed by atoms with van der Waals surface area (Å²) >= 11 is 11.2. The van der Waals surface area contributed by atoms with Gasteiger partial charge in [0.2, 0.25) is 0 Å². The number of anilines is 1. The minimum Gasteiger partial charge on any atom is -0.495 e. The summed E-state index contributed by atoms with van der Waals surface area (Å²) in [6.07, 6.45) is 1.74. The van der Waals surface area contributed by atoms with Crippen molar-refractivity contribution in [3.63, 3.8) is 0 Å². The number of thiocarbonyl (C=S) groups is 1. The fourth-order valence-electron chi connectivity index (χ4n) is 1.69. The Bertz CT molecular complexity index is 614. The van der Waals surface area contributed by atoms with Crippen LogP contribution in [0.5, 0.6) is 5.75 Å². The van der Waals surface area contributed by atoms with Crippen LogP contribution in [0, 0.1) is 0 Å². The molecular formula is C13H15ClN4OS. The minimum atomic E-state index is 0.492. The molecule has 2 rings (SSSR count). The van der Waals surface area contributed by atoms with Crippen LogP contribution in [-0.2, 0) is 13.6 Å². The molecule has 0 bridgehead atoms. The van der Waals surface area contributed by atoms with Crippen molar-refractivity contribution in [2.24, 2.45) is 7.05 Å². The van der Waals surface area contributed by atoms with Gasteiger partial charge in [0.1, 0.15) is 5.75 Å². The second kappa shape index (κ2) is 6.58. The fourth-order valence-corrected chi connectivity index (χ4v) is 2.04. The lowest BCUT2D eigenvalue weighted by atomic mass is 10.3. The van der Waals surface area contributed by atoms with Crippen LogP contribution in [0.25, 0.3) is 0 Å². The molecule has 0 amide bonds. The minimum absolute atomic E-state index is 0.492. The van der Waals surface area contributed by atoms with E-state index in [9.17, 15) is 0 Å². The number of benzene rings is 1. The van der Waals surface area contributed by atoms with Gasteiger partial charge in [-0.15, -0.1) is 0 Å². The lowest BCUT2D eigenvalue weighted by Crippen LogP contribution is -2.28. The van der Waals surface area contributed by atoms with E-state index in [0.717, 1.165) is 11.4 Å². The van der Waals surface area contributed by atoms with Crippen LogP contribution in [-0.4, -0.2) is 22.0 Å². The van der Waals surface area contributed by atoms with Crippen molar-refractivity contribution in [3.05, 3.63) is 41.2 Å². The second-order valence-corrected chi connectivity index (χ2v) is 4.94. The molecule has 0 saturated carbocycles. The van der Waals surface area contributed by atoms with Gasteiger partial charge in [-0.1, -0.05) is 11.6 Å². The summed E-state index contributed by atoms with van der Waals surface area (Å²) in [6.45, 7) is 0.589. The molecule has 1 aromatic heterocycles. The molecule has 5 nitrogen and oxygen atoms in total. The molecule has 0 aliphatic rings. The Hall–Kier alpha value is -1.79. The summed E-state index contributed by atoms with van der Waals surface area (Å²) in [5.74, 6) is 0.680. The molecule has 0 saturated heterocycles. The summed E-state index contributed by atoms with van der Waals surface area (Å²) in [4.78, 5) is 0. The predicted molar refractivity (Wildman–Crippen MR) is 84.3 cm³/mol. The number of rotatable bonds is 4. The summed E-state index contributed by atoms with van der Waals surface area (Å²) in [7, 11) is 3.48. The summed E-state index contributed by atoms with van der Waals surface area (Å²) < 4.78 is 7.04. The van der Waals surface area contributed by atoms with E-state index in [0.29, 0.717) is 22.4 Å². The zero-order chi connectivity index (χ0) is 14.5. The van der Waals surface area contributed by atoms with Gasteiger partial charge >= 0.3 is 0 Å². The topological polar surface area (TPSA) is 51.1 Å². The van der Waals surface area contributed by atoms with Crippen molar-refractivity contribution >= 4 is 34.6 Å². The van der Waals surface area contributed by atoms with Gasteiger partial charge in [0.05, 0.1) is 25.0 Å². The van der Waals surface area contributed by atoms with Crippen molar-refractivity contribution in [2.45, 2.75) is 6.54 Å². The van der Waals surface area contributed by atoms with E-state index in [4.69, 9.17) is 28.6 Å². The Kier molecular flexibility index (Phi) is 4.81. The number of ether oxygens (including phenoxy) is 1. The smallest absolute Gasteiger partial charge is 0.171 e. The van der Waals surface area contributed by atoms with Crippen LogP contribution in [0.1, 0.15) is 5.69 Å². The molecular weight excluding hydrogens is 296 g/mol. The Morgan fingerprint density at radius 1 is 1.45 bits per heavy atom. The molecule has 2 aromatic rings. The first-order valence-electron chi connectivity index (χ1n) is 5.95. The zero-order valence-corrected chi connectivity index (χ0v) is 12.8. The number of halogens is 1. The molecule has 1 heterocycles. The van der Waals surface area contributed by atoms with Gasteiger partial charge in [0, 0.05) is 18.3 Å². The molecule has 106 valence electrons. The predicted octanol–water partition coefficient (Wildman–Crippen LogP) is 2.57. The van der Waals surface area contributed by atoms with Crippen molar-refractivity contribution in [1.82, 2.24) is 15.1 Å². The largest absolute Gasteiger partial charge is 0.495 e. The van der Waals surface area contributed by atoms with Gasteiger partial charge in [-0.05, 0) is 36.5 Å². The summed E-state index contributed by atoms with van der Waals surface area (Å²) in [6, 6.07) is 7.24. The Morgan fingerprint density at radius 3 is 2.90 bits per heavy atom. The zero-order valence-electron chi connectivity index (χ0n) is 11.2. The van der Waals surface area contributed by atoms with E-state index < -0.39 is 0 Å². The van der Waals surface area contributed by atoms with Gasteiger partial charge in [0.25, 0.3) is 0 Å². The standard InChI is InChI=1S/C13H15ClN4OS/c1-18-10(5-6-16-18)8-15-13(20)17-11-7-9(14)3-4-12(11)19-2/h3-7H,8H2,1-2H3,(H2,15,17,20). The lowest BCUT2D eigenvalue weighted by Gasteiger charge is -2.13. The summed E-state index contributed by atoms with van der Waals surface area (Å²) in [5, 5.41) is 11.4. The van der Waals surface area contributed by atoms with E-state index in [-0.39, 0.29) is 0 Å².